The largest absolute Gasteiger partial charge is 0.463 e. The third kappa shape index (κ3) is 5.74. The van der Waals surface area contributed by atoms with Crippen molar-refractivity contribution in [2.24, 2.45) is 0 Å². The molecule has 0 saturated carbocycles. The standard InChI is InChI=1S/C21H20N6O2/c1-2-3-9-29-20-14-26-18(13-27-20)19(28)11-15-6-8-23-16(10-15)12-25-17-5-4-7-24-21(17)22/h4-8,10,13-14,25H,9,11-12H2,1H3,(H2,22,24). The summed E-state index contributed by atoms with van der Waals surface area (Å²) in [5.41, 5.74) is 8.45. The maximum Gasteiger partial charge on any atom is 0.233 e. The van der Waals surface area contributed by atoms with Crippen LogP contribution in [0.2, 0.25) is 0 Å². The van der Waals surface area contributed by atoms with Gasteiger partial charge in [0, 0.05) is 18.8 Å². The smallest absolute Gasteiger partial charge is 0.233 e. The number of nitrogens with zero attached hydrogens (tertiary/aromatic N) is 4. The third-order valence-electron chi connectivity index (χ3n) is 3.93. The van der Waals surface area contributed by atoms with E-state index in [-0.39, 0.29) is 24.5 Å². The van der Waals surface area contributed by atoms with Crippen molar-refractivity contribution in [3.8, 4) is 17.7 Å². The lowest BCUT2D eigenvalue weighted by molar-refractivity contribution is 0.0987. The topological polar surface area (TPSA) is 116 Å². The van der Waals surface area contributed by atoms with Crippen molar-refractivity contribution >= 4 is 17.3 Å². The van der Waals surface area contributed by atoms with Gasteiger partial charge >= 0.3 is 0 Å². The molecule has 0 amide bonds. The van der Waals surface area contributed by atoms with Gasteiger partial charge in [0.1, 0.15) is 11.5 Å². The zero-order valence-electron chi connectivity index (χ0n) is 15.9. The molecule has 0 spiro atoms. The van der Waals surface area contributed by atoms with Gasteiger partial charge in [0.15, 0.2) is 12.4 Å². The van der Waals surface area contributed by atoms with Gasteiger partial charge in [0.25, 0.3) is 0 Å². The Morgan fingerprint density at radius 3 is 2.83 bits per heavy atom. The van der Waals surface area contributed by atoms with Gasteiger partial charge < -0.3 is 15.8 Å². The molecule has 0 aliphatic rings. The van der Waals surface area contributed by atoms with Crippen LogP contribution in [0, 0.1) is 11.8 Å². The summed E-state index contributed by atoms with van der Waals surface area (Å²) in [6.07, 6.45) is 6.33. The average molecular weight is 388 g/mol. The number of ether oxygens (including phenoxy) is 1. The third-order valence-corrected chi connectivity index (χ3v) is 3.93. The van der Waals surface area contributed by atoms with Gasteiger partial charge in [0.2, 0.25) is 5.88 Å². The normalized spacial score (nSPS) is 9.97. The highest BCUT2D eigenvalue weighted by Gasteiger charge is 2.11. The van der Waals surface area contributed by atoms with Gasteiger partial charge in [-0.25, -0.2) is 15.0 Å². The molecule has 0 bridgehead atoms. The summed E-state index contributed by atoms with van der Waals surface area (Å²) in [5, 5.41) is 3.19. The minimum absolute atomic E-state index is 0.140. The molecule has 8 heteroatoms. The number of pyridine rings is 2. The molecule has 3 heterocycles. The first-order valence-electron chi connectivity index (χ1n) is 8.91. The highest BCUT2D eigenvalue weighted by molar-refractivity contribution is 5.95. The van der Waals surface area contributed by atoms with E-state index >= 15 is 0 Å². The quantitative estimate of drug-likeness (QED) is 0.446. The predicted molar refractivity (Wildman–Crippen MR) is 109 cm³/mol. The lowest BCUT2D eigenvalue weighted by Gasteiger charge is -2.09. The zero-order chi connectivity index (χ0) is 20.5. The van der Waals surface area contributed by atoms with E-state index in [9.17, 15) is 4.79 Å². The molecule has 3 N–H and O–H groups in total. The van der Waals surface area contributed by atoms with E-state index in [2.05, 4.69) is 37.1 Å². The molecule has 0 saturated heterocycles. The van der Waals surface area contributed by atoms with Crippen molar-refractivity contribution in [1.82, 2.24) is 19.9 Å². The van der Waals surface area contributed by atoms with E-state index in [0.29, 0.717) is 18.2 Å². The lowest BCUT2D eigenvalue weighted by Crippen LogP contribution is -2.09. The van der Waals surface area contributed by atoms with Crippen molar-refractivity contribution in [2.75, 3.05) is 17.7 Å². The summed E-state index contributed by atoms with van der Waals surface area (Å²) in [6, 6.07) is 7.31. The number of aromatic nitrogens is 4. The van der Waals surface area contributed by atoms with Gasteiger partial charge in [-0.3, -0.25) is 9.78 Å². The maximum absolute atomic E-state index is 12.5. The highest BCUT2D eigenvalue weighted by Crippen LogP contribution is 2.15. The molecule has 3 rings (SSSR count). The van der Waals surface area contributed by atoms with Crippen LogP contribution in [0.15, 0.2) is 49.1 Å². The molecule has 29 heavy (non-hydrogen) atoms. The van der Waals surface area contributed by atoms with Crippen LogP contribution in [-0.2, 0) is 13.0 Å². The minimum Gasteiger partial charge on any atom is -0.463 e. The van der Waals surface area contributed by atoms with Gasteiger partial charge in [0.05, 0.1) is 30.3 Å². The Labute approximate surface area is 168 Å². The van der Waals surface area contributed by atoms with Crippen LogP contribution in [-0.4, -0.2) is 32.3 Å². The van der Waals surface area contributed by atoms with Crippen LogP contribution < -0.4 is 15.8 Å². The van der Waals surface area contributed by atoms with E-state index in [0.717, 1.165) is 16.9 Å². The van der Waals surface area contributed by atoms with E-state index in [1.807, 2.05) is 12.1 Å². The second-order valence-corrected chi connectivity index (χ2v) is 6.00. The lowest BCUT2D eigenvalue weighted by atomic mass is 10.1. The monoisotopic (exact) mass is 388 g/mol. The molecule has 0 radical (unpaired) electrons. The number of ketones is 1. The SMILES string of the molecule is CC#CCOc1cnc(C(=O)Cc2ccnc(CNc3cccnc3N)c2)cn1. The predicted octanol–water partition coefficient (Wildman–Crippen LogP) is 2.29. The molecule has 0 aliphatic heterocycles. The molecule has 0 aliphatic carbocycles. The second-order valence-electron chi connectivity index (χ2n) is 6.00. The second kappa shape index (κ2) is 9.80. The van der Waals surface area contributed by atoms with Gasteiger partial charge in [-0.2, -0.15) is 0 Å². The summed E-state index contributed by atoms with van der Waals surface area (Å²) in [7, 11) is 0. The Bertz CT molecular complexity index is 1040. The van der Waals surface area contributed by atoms with Gasteiger partial charge in [-0.05, 0) is 36.8 Å². The minimum atomic E-state index is -0.140. The first-order chi connectivity index (χ1) is 14.2. The van der Waals surface area contributed by atoms with Crippen molar-refractivity contribution in [3.05, 3.63) is 66.0 Å². The molecule has 0 unspecified atom stereocenters. The summed E-state index contributed by atoms with van der Waals surface area (Å²) in [6.45, 7) is 2.42. The number of hydrogen-bond donors (Lipinski definition) is 2. The number of carbonyl (C=O) groups is 1. The Morgan fingerprint density at radius 2 is 2.07 bits per heavy atom. The van der Waals surface area contributed by atoms with Crippen LogP contribution in [0.1, 0.15) is 28.7 Å². The fourth-order valence-electron chi connectivity index (χ4n) is 2.48. The Morgan fingerprint density at radius 1 is 1.17 bits per heavy atom. The van der Waals surface area contributed by atoms with E-state index in [1.165, 1.54) is 12.4 Å². The average Bonchev–Trinajstić information content (AvgIpc) is 2.74. The zero-order valence-corrected chi connectivity index (χ0v) is 15.9. The number of nitrogens with two attached hydrogens (primary N) is 1. The number of nitrogen functional groups attached to an aromatic ring is 1. The highest BCUT2D eigenvalue weighted by atomic mass is 16.5. The molecule has 0 fully saturated rings. The summed E-state index contributed by atoms with van der Waals surface area (Å²) >= 11 is 0. The molecule has 3 aromatic heterocycles. The Balaban J connectivity index is 1.59. The van der Waals surface area contributed by atoms with Gasteiger partial charge in [-0.15, -0.1) is 5.92 Å². The Hall–Kier alpha value is -3.99. The van der Waals surface area contributed by atoms with Crippen LogP contribution in [0.5, 0.6) is 5.88 Å². The van der Waals surface area contributed by atoms with Gasteiger partial charge in [-0.1, -0.05) is 5.92 Å². The van der Waals surface area contributed by atoms with Crippen molar-refractivity contribution in [3.63, 3.8) is 0 Å². The molecule has 0 atom stereocenters. The van der Waals surface area contributed by atoms with E-state index < -0.39 is 0 Å². The number of anilines is 2. The maximum atomic E-state index is 12.5. The molecule has 8 nitrogen and oxygen atoms in total. The van der Waals surface area contributed by atoms with Crippen LogP contribution in [0.25, 0.3) is 0 Å². The first kappa shape index (κ1) is 19.8. The molecular formula is C21H20N6O2. The summed E-state index contributed by atoms with van der Waals surface area (Å²) in [4.78, 5) is 29.1. The van der Waals surface area contributed by atoms with Crippen LogP contribution in [0.4, 0.5) is 11.5 Å². The summed E-state index contributed by atoms with van der Waals surface area (Å²) < 4.78 is 5.30. The number of hydrogen-bond acceptors (Lipinski definition) is 8. The van der Waals surface area contributed by atoms with E-state index in [1.54, 1.807) is 31.5 Å². The number of carbonyl (C=O) groups excluding carboxylic acids is 1. The molecule has 3 aromatic rings. The summed E-state index contributed by atoms with van der Waals surface area (Å²) in [5.74, 6) is 6.10. The molecule has 146 valence electrons. The number of rotatable bonds is 8. The number of Topliss-reactive ketones (excluding diaryl/α,β-unsaturated/α-hetero) is 1. The fourth-order valence-corrected chi connectivity index (χ4v) is 2.48. The van der Waals surface area contributed by atoms with Crippen molar-refractivity contribution in [1.29, 1.82) is 0 Å². The van der Waals surface area contributed by atoms with E-state index in [4.69, 9.17) is 10.5 Å². The number of nitrogens with one attached hydrogen (secondary N) is 1. The fraction of sp³-hybridized carbons (Fsp3) is 0.190. The van der Waals surface area contributed by atoms with Crippen LogP contribution >= 0.6 is 0 Å². The van der Waals surface area contributed by atoms with Crippen molar-refractivity contribution in [2.45, 2.75) is 19.9 Å². The molecular weight excluding hydrogens is 368 g/mol. The Kier molecular flexibility index (Phi) is 6.68. The molecule has 0 aromatic carbocycles. The van der Waals surface area contributed by atoms with Crippen LogP contribution in [0.3, 0.4) is 0 Å². The first-order valence-corrected chi connectivity index (χ1v) is 8.91. The van der Waals surface area contributed by atoms with Crippen molar-refractivity contribution < 1.29 is 9.53 Å².